The van der Waals surface area contributed by atoms with Crippen LogP contribution in [0.15, 0.2) is 21.6 Å². The minimum absolute atomic E-state index is 0.174. The van der Waals surface area contributed by atoms with Crippen molar-refractivity contribution in [3.63, 3.8) is 0 Å². The van der Waals surface area contributed by atoms with Gasteiger partial charge in [0.1, 0.15) is 16.3 Å². The first-order valence-electron chi connectivity index (χ1n) is 8.44. The summed E-state index contributed by atoms with van der Waals surface area (Å²) in [7, 11) is -4.10. The highest BCUT2D eigenvalue weighted by Crippen LogP contribution is 2.37. The highest BCUT2D eigenvalue weighted by atomic mass is 32.2. The zero-order valence-electron chi connectivity index (χ0n) is 13.8. The van der Waals surface area contributed by atoms with Crippen LogP contribution in [0.1, 0.15) is 44.3 Å². The van der Waals surface area contributed by atoms with Crippen molar-refractivity contribution in [2.75, 3.05) is 0 Å². The lowest BCUT2D eigenvalue weighted by atomic mass is 9.99. The predicted molar refractivity (Wildman–Crippen MR) is 87.3 cm³/mol. The quantitative estimate of drug-likeness (QED) is 0.817. The van der Waals surface area contributed by atoms with E-state index in [0.29, 0.717) is 25.7 Å². The molecule has 140 valence electrons. The average Bonchev–Trinajstić information content (AvgIpc) is 3.06. The molecule has 4 rings (SSSR count). The summed E-state index contributed by atoms with van der Waals surface area (Å²) in [5.74, 6) is -2.49. The number of benzene rings is 1. The van der Waals surface area contributed by atoms with Gasteiger partial charge < -0.3 is 10.3 Å². The van der Waals surface area contributed by atoms with Crippen LogP contribution in [0.4, 0.5) is 8.78 Å². The van der Waals surface area contributed by atoms with Gasteiger partial charge in [-0.25, -0.2) is 21.9 Å². The van der Waals surface area contributed by atoms with E-state index in [1.54, 1.807) is 0 Å². The van der Waals surface area contributed by atoms with E-state index in [1.807, 2.05) is 0 Å². The van der Waals surface area contributed by atoms with Crippen molar-refractivity contribution in [3.8, 4) is 11.5 Å². The number of hydrogen-bond donors (Lipinski definition) is 2. The molecule has 0 unspecified atom stereocenters. The minimum atomic E-state index is -4.10. The number of rotatable bonds is 5. The fraction of sp³-hybridized carbons (Fsp3) is 0.500. The monoisotopic (exact) mass is 384 g/mol. The maximum atomic E-state index is 14.8. The molecule has 1 aromatic carbocycles. The Labute approximate surface area is 149 Å². The first-order valence-corrected chi connectivity index (χ1v) is 9.92. The molecule has 1 aromatic heterocycles. The van der Waals surface area contributed by atoms with Crippen molar-refractivity contribution in [3.05, 3.63) is 29.6 Å². The summed E-state index contributed by atoms with van der Waals surface area (Å²) < 4.78 is 61.1. The molecule has 0 amide bonds. The maximum absolute atomic E-state index is 14.8. The van der Waals surface area contributed by atoms with Crippen molar-refractivity contribution >= 4 is 10.0 Å². The summed E-state index contributed by atoms with van der Waals surface area (Å²) in [6.07, 6.45) is 4.50. The molecule has 3 N–H and O–H groups in total. The molecule has 0 saturated heterocycles. The topological polar surface area (TPSA) is 111 Å². The standard InChI is InChI=1S/C16H18F2N4O3S/c17-10-5-6-11(26(23,24)22-9-3-4-9)13(18)12(10)14-20-15(21-25-14)16(19)7-1-2-8-16/h5-6,9,22H,1-4,7-8,19H2. The van der Waals surface area contributed by atoms with Gasteiger partial charge in [0.2, 0.25) is 10.0 Å². The van der Waals surface area contributed by atoms with E-state index in [2.05, 4.69) is 14.9 Å². The normalized spacial score (nSPS) is 19.8. The van der Waals surface area contributed by atoms with Gasteiger partial charge in [-0.3, -0.25) is 0 Å². The third kappa shape index (κ3) is 3.01. The number of nitrogens with two attached hydrogens (primary N) is 1. The van der Waals surface area contributed by atoms with Gasteiger partial charge in [-0.1, -0.05) is 18.0 Å². The number of hydrogen-bond acceptors (Lipinski definition) is 6. The van der Waals surface area contributed by atoms with Crippen molar-refractivity contribution in [2.24, 2.45) is 5.73 Å². The second-order valence-corrected chi connectivity index (χ2v) is 8.60. The van der Waals surface area contributed by atoms with Gasteiger partial charge in [0.05, 0.1) is 5.54 Å². The van der Waals surface area contributed by atoms with Crippen molar-refractivity contribution < 1.29 is 21.7 Å². The van der Waals surface area contributed by atoms with Crippen LogP contribution in [-0.4, -0.2) is 24.6 Å². The highest BCUT2D eigenvalue weighted by molar-refractivity contribution is 7.89. The van der Waals surface area contributed by atoms with Gasteiger partial charge in [0, 0.05) is 6.04 Å². The Kier molecular flexibility index (Phi) is 4.08. The summed E-state index contributed by atoms with van der Waals surface area (Å²) in [6.45, 7) is 0. The van der Waals surface area contributed by atoms with Crippen LogP contribution in [0.25, 0.3) is 11.5 Å². The highest BCUT2D eigenvalue weighted by Gasteiger charge is 2.37. The van der Waals surface area contributed by atoms with E-state index in [1.165, 1.54) is 0 Å². The van der Waals surface area contributed by atoms with E-state index < -0.39 is 43.5 Å². The van der Waals surface area contributed by atoms with E-state index in [9.17, 15) is 17.2 Å². The van der Waals surface area contributed by atoms with E-state index in [4.69, 9.17) is 10.3 Å². The summed E-state index contributed by atoms with van der Waals surface area (Å²) in [5.41, 5.74) is 4.78. The van der Waals surface area contributed by atoms with Crippen LogP contribution in [0.3, 0.4) is 0 Å². The Bertz CT molecular complexity index is 950. The molecule has 0 aliphatic heterocycles. The SMILES string of the molecule is NC1(c2noc(-c3c(F)ccc(S(=O)(=O)NC4CC4)c3F)n2)CCCC1. The van der Waals surface area contributed by atoms with Gasteiger partial charge in [-0.15, -0.1) is 0 Å². The molecule has 2 fully saturated rings. The van der Waals surface area contributed by atoms with Crippen LogP contribution >= 0.6 is 0 Å². The first kappa shape index (κ1) is 17.5. The molecule has 10 heteroatoms. The van der Waals surface area contributed by atoms with Crippen molar-refractivity contribution in [1.82, 2.24) is 14.9 Å². The molecule has 1 heterocycles. The lowest BCUT2D eigenvalue weighted by molar-refractivity contribution is 0.371. The molecular weight excluding hydrogens is 366 g/mol. The third-order valence-electron chi connectivity index (χ3n) is 4.83. The minimum Gasteiger partial charge on any atom is -0.334 e. The zero-order chi connectivity index (χ0) is 18.5. The fourth-order valence-electron chi connectivity index (χ4n) is 3.18. The third-order valence-corrected chi connectivity index (χ3v) is 6.36. The summed E-state index contributed by atoms with van der Waals surface area (Å²) >= 11 is 0. The Morgan fingerprint density at radius 2 is 1.92 bits per heavy atom. The second-order valence-electron chi connectivity index (χ2n) is 6.92. The smallest absolute Gasteiger partial charge is 0.264 e. The Morgan fingerprint density at radius 3 is 2.58 bits per heavy atom. The molecule has 0 bridgehead atoms. The number of sulfonamides is 1. The number of nitrogens with zero attached hydrogens (tertiary/aromatic N) is 2. The van der Waals surface area contributed by atoms with E-state index in [-0.39, 0.29) is 11.9 Å². The molecule has 0 atom stereocenters. The van der Waals surface area contributed by atoms with Crippen LogP contribution < -0.4 is 10.5 Å². The number of nitrogens with one attached hydrogen (secondary N) is 1. The Hall–Kier alpha value is -1.91. The molecule has 7 nitrogen and oxygen atoms in total. The first-order chi connectivity index (χ1) is 12.3. The van der Waals surface area contributed by atoms with Gasteiger partial charge in [0.15, 0.2) is 11.6 Å². The van der Waals surface area contributed by atoms with Crippen LogP contribution in [-0.2, 0) is 15.6 Å². The lowest BCUT2D eigenvalue weighted by Crippen LogP contribution is -2.34. The van der Waals surface area contributed by atoms with Crippen molar-refractivity contribution in [2.45, 2.75) is 55.0 Å². The molecular formula is C16H18F2N4O3S. The molecule has 2 aliphatic rings. The average molecular weight is 384 g/mol. The number of aromatic nitrogens is 2. The Balaban J connectivity index is 1.75. The van der Waals surface area contributed by atoms with Crippen molar-refractivity contribution in [1.29, 1.82) is 0 Å². The number of halogens is 2. The van der Waals surface area contributed by atoms with E-state index in [0.717, 1.165) is 25.0 Å². The summed E-state index contributed by atoms with van der Waals surface area (Å²) in [4.78, 5) is 3.41. The van der Waals surface area contributed by atoms with Gasteiger partial charge in [-0.2, -0.15) is 4.98 Å². The predicted octanol–water partition coefficient (Wildman–Crippen LogP) is 2.18. The van der Waals surface area contributed by atoms with Gasteiger partial charge in [-0.05, 0) is 37.8 Å². The molecule has 26 heavy (non-hydrogen) atoms. The van der Waals surface area contributed by atoms with Crippen LogP contribution in [0.2, 0.25) is 0 Å². The molecule has 2 aromatic rings. The lowest BCUT2D eigenvalue weighted by Gasteiger charge is -2.17. The molecule has 0 radical (unpaired) electrons. The zero-order valence-corrected chi connectivity index (χ0v) is 14.7. The molecule has 2 aliphatic carbocycles. The molecule has 2 saturated carbocycles. The van der Waals surface area contributed by atoms with Gasteiger partial charge in [0.25, 0.3) is 5.89 Å². The summed E-state index contributed by atoms with van der Waals surface area (Å²) in [5, 5.41) is 3.77. The van der Waals surface area contributed by atoms with Crippen LogP contribution in [0, 0.1) is 11.6 Å². The van der Waals surface area contributed by atoms with Gasteiger partial charge >= 0.3 is 0 Å². The summed E-state index contributed by atoms with van der Waals surface area (Å²) in [6, 6.07) is 1.55. The molecule has 0 spiro atoms. The Morgan fingerprint density at radius 1 is 1.23 bits per heavy atom. The maximum Gasteiger partial charge on any atom is 0.264 e. The second kappa shape index (κ2) is 6.07. The largest absolute Gasteiger partial charge is 0.334 e. The van der Waals surface area contributed by atoms with Crippen LogP contribution in [0.5, 0.6) is 0 Å². The fourth-order valence-corrected chi connectivity index (χ4v) is 4.56. The van der Waals surface area contributed by atoms with E-state index >= 15 is 0 Å².